The zero-order valence-electron chi connectivity index (χ0n) is 16.7. The summed E-state index contributed by atoms with van der Waals surface area (Å²) in [6.45, 7) is 9.57. The first-order valence-corrected chi connectivity index (χ1v) is 9.85. The number of hydrogen-bond acceptors (Lipinski definition) is 3. The second-order valence-corrected chi connectivity index (χ2v) is 7.14. The number of aliphatic hydroxyl groups is 1. The van der Waals surface area contributed by atoms with Gasteiger partial charge in [-0.05, 0) is 44.4 Å². The monoisotopic (exact) mass is 359 g/mol. The number of carbonyl (C=O) groups is 1. The fourth-order valence-corrected chi connectivity index (χ4v) is 3.61. The highest BCUT2D eigenvalue weighted by molar-refractivity contribution is 5.78. The SMILES string of the molecule is CCCCC.Cc1ccc2nc(C)n(C3CCN(C(=O)CO)CC3)c2c1. The van der Waals surface area contributed by atoms with E-state index in [-0.39, 0.29) is 5.91 Å². The Labute approximate surface area is 157 Å². The van der Waals surface area contributed by atoms with Crippen LogP contribution in [0.15, 0.2) is 18.2 Å². The molecule has 5 nitrogen and oxygen atoms in total. The fraction of sp³-hybridized carbons (Fsp3) is 0.619. The minimum atomic E-state index is -0.392. The van der Waals surface area contributed by atoms with Crippen molar-refractivity contribution in [2.75, 3.05) is 19.7 Å². The van der Waals surface area contributed by atoms with Gasteiger partial charge in [0.1, 0.15) is 12.4 Å². The number of aryl methyl sites for hydroxylation is 2. The number of aliphatic hydroxyl groups excluding tert-OH is 1. The third-order valence-corrected chi connectivity index (χ3v) is 5.05. The molecule has 0 atom stereocenters. The first-order valence-electron chi connectivity index (χ1n) is 9.85. The van der Waals surface area contributed by atoms with Crippen LogP contribution in [0.4, 0.5) is 0 Å². The van der Waals surface area contributed by atoms with E-state index in [0.717, 1.165) is 24.2 Å². The van der Waals surface area contributed by atoms with Gasteiger partial charge in [-0.3, -0.25) is 4.79 Å². The maximum Gasteiger partial charge on any atom is 0.248 e. The molecule has 1 aromatic carbocycles. The van der Waals surface area contributed by atoms with Gasteiger partial charge in [0, 0.05) is 19.1 Å². The molecule has 2 aromatic rings. The van der Waals surface area contributed by atoms with E-state index in [1.807, 2.05) is 6.92 Å². The predicted molar refractivity (Wildman–Crippen MR) is 106 cm³/mol. The number of imidazole rings is 1. The van der Waals surface area contributed by atoms with Gasteiger partial charge in [-0.25, -0.2) is 4.98 Å². The van der Waals surface area contributed by atoms with Crippen molar-refractivity contribution in [1.82, 2.24) is 14.5 Å². The van der Waals surface area contributed by atoms with Crippen LogP contribution in [0, 0.1) is 13.8 Å². The number of nitrogens with zero attached hydrogens (tertiary/aromatic N) is 3. The number of piperidine rings is 1. The van der Waals surface area contributed by atoms with Gasteiger partial charge in [0.15, 0.2) is 0 Å². The number of rotatable bonds is 4. The van der Waals surface area contributed by atoms with Crippen LogP contribution in [0.3, 0.4) is 0 Å². The number of hydrogen-bond donors (Lipinski definition) is 1. The Morgan fingerprint density at radius 2 is 1.85 bits per heavy atom. The maximum atomic E-state index is 11.5. The molecule has 0 spiro atoms. The second kappa shape index (κ2) is 9.72. The smallest absolute Gasteiger partial charge is 0.248 e. The van der Waals surface area contributed by atoms with E-state index < -0.39 is 6.61 Å². The van der Waals surface area contributed by atoms with Gasteiger partial charge in [0.2, 0.25) is 5.91 Å². The summed E-state index contributed by atoms with van der Waals surface area (Å²) in [6.07, 6.45) is 5.89. The predicted octanol–water partition coefficient (Wildman–Crippen LogP) is 4.01. The van der Waals surface area contributed by atoms with Gasteiger partial charge in [0.25, 0.3) is 0 Å². The Balaban J connectivity index is 0.000000431. The lowest BCUT2D eigenvalue weighted by molar-refractivity contribution is -0.135. The molecule has 1 aliphatic heterocycles. The number of fused-ring (bicyclic) bond motifs is 1. The van der Waals surface area contributed by atoms with Gasteiger partial charge >= 0.3 is 0 Å². The van der Waals surface area contributed by atoms with E-state index >= 15 is 0 Å². The lowest BCUT2D eigenvalue weighted by atomic mass is 10.0. The van der Waals surface area contributed by atoms with E-state index in [2.05, 4.69) is 48.5 Å². The van der Waals surface area contributed by atoms with Crippen LogP contribution in [-0.2, 0) is 4.79 Å². The van der Waals surface area contributed by atoms with Crippen molar-refractivity contribution < 1.29 is 9.90 Å². The summed E-state index contributed by atoms with van der Waals surface area (Å²) in [4.78, 5) is 17.9. The number of amides is 1. The molecule has 0 unspecified atom stereocenters. The van der Waals surface area contributed by atoms with Crippen molar-refractivity contribution in [2.45, 2.75) is 65.8 Å². The number of likely N-dealkylation sites (tertiary alicyclic amines) is 1. The molecule has 26 heavy (non-hydrogen) atoms. The lowest BCUT2D eigenvalue weighted by Crippen LogP contribution is -2.40. The van der Waals surface area contributed by atoms with Crippen molar-refractivity contribution in [2.24, 2.45) is 0 Å². The van der Waals surface area contributed by atoms with Crippen LogP contribution in [0.2, 0.25) is 0 Å². The molecular formula is C21H33N3O2. The molecule has 1 saturated heterocycles. The van der Waals surface area contributed by atoms with Gasteiger partial charge in [-0.15, -0.1) is 0 Å². The molecule has 2 heterocycles. The molecule has 144 valence electrons. The molecule has 0 saturated carbocycles. The molecule has 0 radical (unpaired) electrons. The average Bonchev–Trinajstić information content (AvgIpc) is 2.97. The van der Waals surface area contributed by atoms with E-state index in [1.54, 1.807) is 4.90 Å². The third kappa shape index (κ3) is 4.85. The topological polar surface area (TPSA) is 58.4 Å². The van der Waals surface area contributed by atoms with E-state index in [1.165, 1.54) is 30.3 Å². The van der Waals surface area contributed by atoms with Crippen molar-refractivity contribution in [3.05, 3.63) is 29.6 Å². The number of aromatic nitrogens is 2. The highest BCUT2D eigenvalue weighted by Crippen LogP contribution is 2.29. The molecule has 1 amide bonds. The zero-order chi connectivity index (χ0) is 19.1. The third-order valence-electron chi connectivity index (χ3n) is 5.05. The molecule has 1 aliphatic rings. The number of carbonyl (C=O) groups excluding carboxylic acids is 1. The molecule has 5 heteroatoms. The summed E-state index contributed by atoms with van der Waals surface area (Å²) < 4.78 is 2.31. The zero-order valence-corrected chi connectivity index (χ0v) is 16.7. The van der Waals surface area contributed by atoms with Gasteiger partial charge < -0.3 is 14.6 Å². The van der Waals surface area contributed by atoms with E-state index in [0.29, 0.717) is 19.1 Å². The Bertz CT molecular complexity index is 713. The first kappa shape index (κ1) is 20.4. The normalized spacial score (nSPS) is 15.0. The Morgan fingerprint density at radius 3 is 2.38 bits per heavy atom. The summed E-state index contributed by atoms with van der Waals surface area (Å²) in [6, 6.07) is 6.71. The summed E-state index contributed by atoms with van der Waals surface area (Å²) >= 11 is 0. The Morgan fingerprint density at radius 1 is 1.19 bits per heavy atom. The van der Waals surface area contributed by atoms with Crippen molar-refractivity contribution in [3.8, 4) is 0 Å². The van der Waals surface area contributed by atoms with Gasteiger partial charge in [-0.2, -0.15) is 0 Å². The molecule has 1 N–H and O–H groups in total. The van der Waals surface area contributed by atoms with Crippen molar-refractivity contribution in [1.29, 1.82) is 0 Å². The highest BCUT2D eigenvalue weighted by Gasteiger charge is 2.25. The van der Waals surface area contributed by atoms with Crippen LogP contribution in [0.5, 0.6) is 0 Å². The lowest BCUT2D eigenvalue weighted by Gasteiger charge is -2.33. The molecule has 0 aliphatic carbocycles. The minimum absolute atomic E-state index is 0.170. The number of benzene rings is 1. The largest absolute Gasteiger partial charge is 0.387 e. The Kier molecular flexibility index (Phi) is 7.64. The van der Waals surface area contributed by atoms with Crippen LogP contribution < -0.4 is 0 Å². The molecular weight excluding hydrogens is 326 g/mol. The van der Waals surface area contributed by atoms with Crippen LogP contribution in [-0.4, -0.2) is 45.2 Å². The average molecular weight is 360 g/mol. The summed E-state index contributed by atoms with van der Waals surface area (Å²) in [5.41, 5.74) is 3.45. The standard InChI is InChI=1S/C16H21N3O2.C5H12/c1-11-3-4-14-15(9-11)19(12(2)17-14)13-5-7-18(8-6-13)16(21)10-20;1-3-5-4-2/h3-4,9,13,20H,5-8,10H2,1-2H3;3-5H2,1-2H3. The van der Waals surface area contributed by atoms with Crippen molar-refractivity contribution >= 4 is 16.9 Å². The quantitative estimate of drug-likeness (QED) is 0.897. The summed E-state index contributed by atoms with van der Waals surface area (Å²) in [5, 5.41) is 8.95. The van der Waals surface area contributed by atoms with Gasteiger partial charge in [0.05, 0.1) is 11.0 Å². The minimum Gasteiger partial charge on any atom is -0.387 e. The van der Waals surface area contributed by atoms with Crippen LogP contribution >= 0.6 is 0 Å². The van der Waals surface area contributed by atoms with E-state index in [9.17, 15) is 4.79 Å². The van der Waals surface area contributed by atoms with Gasteiger partial charge in [-0.1, -0.05) is 39.2 Å². The fourth-order valence-electron chi connectivity index (χ4n) is 3.61. The Hall–Kier alpha value is -1.88. The van der Waals surface area contributed by atoms with Crippen molar-refractivity contribution in [3.63, 3.8) is 0 Å². The maximum absolute atomic E-state index is 11.5. The summed E-state index contributed by atoms with van der Waals surface area (Å²) in [7, 11) is 0. The molecule has 3 rings (SSSR count). The molecule has 1 fully saturated rings. The number of unbranched alkanes of at least 4 members (excludes halogenated alkanes) is 2. The molecule has 0 bridgehead atoms. The highest BCUT2D eigenvalue weighted by atomic mass is 16.3. The van der Waals surface area contributed by atoms with Crippen LogP contribution in [0.25, 0.3) is 11.0 Å². The van der Waals surface area contributed by atoms with Crippen LogP contribution in [0.1, 0.15) is 63.4 Å². The van der Waals surface area contributed by atoms with E-state index in [4.69, 9.17) is 5.11 Å². The molecule has 1 aromatic heterocycles. The first-order chi connectivity index (χ1) is 12.5. The summed E-state index contributed by atoms with van der Waals surface area (Å²) in [5.74, 6) is 0.860. The second-order valence-electron chi connectivity index (χ2n) is 7.14.